The molecule has 4 heteroatoms. The summed E-state index contributed by atoms with van der Waals surface area (Å²) in [4.78, 5) is 19.1. The predicted octanol–water partition coefficient (Wildman–Crippen LogP) is 6.16. The van der Waals surface area contributed by atoms with E-state index in [1.54, 1.807) is 34.1 Å². The molecule has 0 aromatic heterocycles. The minimum atomic E-state index is -0.839. The van der Waals surface area contributed by atoms with Gasteiger partial charge in [-0.25, -0.2) is 4.79 Å². The molecule has 0 saturated heterocycles. The van der Waals surface area contributed by atoms with Crippen LogP contribution in [-0.2, 0) is 14.6 Å². The van der Waals surface area contributed by atoms with E-state index >= 15 is 0 Å². The van der Waals surface area contributed by atoms with Gasteiger partial charge in [0.15, 0.2) is 0 Å². The Morgan fingerprint density at radius 2 is 1.23 bits per heavy atom. The van der Waals surface area contributed by atoms with Crippen LogP contribution < -0.4 is 0 Å². The van der Waals surface area contributed by atoms with Crippen molar-refractivity contribution >= 4 is 25.7 Å². The first-order valence-corrected chi connectivity index (χ1v) is 15.0. The summed E-state index contributed by atoms with van der Waals surface area (Å²) < 4.78 is 5.04. The number of carbonyl (C=O) groups excluding carboxylic acids is 1. The number of hydrogen-bond acceptors (Lipinski definition) is 3. The van der Waals surface area contributed by atoms with Gasteiger partial charge in [-0.1, -0.05) is 0 Å². The van der Waals surface area contributed by atoms with Crippen molar-refractivity contribution in [2.45, 2.75) is 106 Å². The molecule has 0 heterocycles. The molecular formula is C18H39O3Sn. The van der Waals surface area contributed by atoms with Crippen LogP contribution in [0, 0.1) is 0 Å². The summed E-state index contributed by atoms with van der Waals surface area (Å²) >= 11 is -0.839. The predicted molar refractivity (Wildman–Crippen MR) is 97.5 cm³/mol. The molecule has 0 aliphatic carbocycles. The standard InChI is InChI=1S/C6H12O3.3C4H9.Sn/c1-5(7)8-9-6(2,3)4;3*1-3-4-2;/h1-4H3;3*1,3-4H2,2H3;. The van der Waals surface area contributed by atoms with Gasteiger partial charge < -0.3 is 0 Å². The summed E-state index contributed by atoms with van der Waals surface area (Å²) in [6, 6.07) is 0. The molecule has 0 rings (SSSR count). The SMILES string of the molecule is CC(=O)OOC(C)(C)C.CCC[CH2][Sn]([CH2]CCC)[CH2]CCC. The zero-order chi connectivity index (χ0) is 17.4. The molecule has 0 aliphatic rings. The third-order valence-corrected chi connectivity index (χ3v) is 12.1. The van der Waals surface area contributed by atoms with Crippen molar-refractivity contribution in [1.82, 2.24) is 0 Å². The van der Waals surface area contributed by atoms with Gasteiger partial charge in [0, 0.05) is 6.92 Å². The van der Waals surface area contributed by atoms with Gasteiger partial charge in [-0.3, -0.25) is 4.89 Å². The average Bonchev–Trinajstić information content (AvgIpc) is 2.44. The van der Waals surface area contributed by atoms with Crippen LogP contribution in [0.15, 0.2) is 0 Å². The van der Waals surface area contributed by atoms with E-state index in [9.17, 15) is 4.79 Å². The van der Waals surface area contributed by atoms with E-state index < -0.39 is 31.3 Å². The van der Waals surface area contributed by atoms with Crippen LogP contribution in [0.3, 0.4) is 0 Å². The van der Waals surface area contributed by atoms with Gasteiger partial charge in [0.1, 0.15) is 5.60 Å². The Morgan fingerprint density at radius 1 is 0.864 bits per heavy atom. The molecule has 22 heavy (non-hydrogen) atoms. The number of hydrogen-bond donors (Lipinski definition) is 0. The van der Waals surface area contributed by atoms with Gasteiger partial charge in [-0.15, -0.1) is 0 Å². The number of unbranched alkanes of at least 4 members (excludes halogenated alkanes) is 3. The maximum absolute atomic E-state index is 10.1. The van der Waals surface area contributed by atoms with Gasteiger partial charge in [0.2, 0.25) is 0 Å². The second-order valence-electron chi connectivity index (χ2n) is 6.83. The molecule has 0 aromatic carbocycles. The fourth-order valence-corrected chi connectivity index (χ4v) is 11.3. The Balaban J connectivity index is 0. The summed E-state index contributed by atoms with van der Waals surface area (Å²) in [5.41, 5.74) is -0.411. The molecule has 1 radical (unpaired) electrons. The summed E-state index contributed by atoms with van der Waals surface area (Å²) in [5, 5.41) is 0. The number of rotatable bonds is 10. The molecule has 0 bridgehead atoms. The second-order valence-corrected chi connectivity index (χ2v) is 15.4. The van der Waals surface area contributed by atoms with Crippen molar-refractivity contribution in [2.75, 3.05) is 0 Å². The third-order valence-electron chi connectivity index (χ3n) is 3.06. The van der Waals surface area contributed by atoms with E-state index in [-0.39, 0.29) is 0 Å². The van der Waals surface area contributed by atoms with Crippen molar-refractivity contribution in [2.24, 2.45) is 0 Å². The summed E-state index contributed by atoms with van der Waals surface area (Å²) in [5.74, 6) is -0.426. The second kappa shape index (κ2) is 16.1. The molecule has 0 aromatic rings. The molecule has 3 nitrogen and oxygen atoms in total. The van der Waals surface area contributed by atoms with E-state index in [1.807, 2.05) is 0 Å². The minimum absolute atomic E-state index is 0.411. The number of carbonyl (C=O) groups is 1. The fourth-order valence-electron chi connectivity index (χ4n) is 1.84. The Hall–Kier alpha value is 0.229. The van der Waals surface area contributed by atoms with E-state index in [2.05, 4.69) is 30.5 Å². The van der Waals surface area contributed by atoms with Crippen LogP contribution in [0.5, 0.6) is 0 Å². The van der Waals surface area contributed by atoms with Gasteiger partial charge >= 0.3 is 98.3 Å². The van der Waals surface area contributed by atoms with Crippen molar-refractivity contribution in [3.8, 4) is 0 Å². The first-order valence-electron chi connectivity index (χ1n) is 8.96. The van der Waals surface area contributed by atoms with E-state index in [4.69, 9.17) is 0 Å². The molecule has 0 aliphatic heterocycles. The fraction of sp³-hybridized carbons (Fsp3) is 0.944. The molecule has 0 saturated carbocycles. The van der Waals surface area contributed by atoms with Crippen molar-refractivity contribution in [1.29, 1.82) is 0 Å². The van der Waals surface area contributed by atoms with Gasteiger partial charge in [0.25, 0.3) is 0 Å². The zero-order valence-corrected chi connectivity index (χ0v) is 18.9. The van der Waals surface area contributed by atoms with Crippen LogP contribution in [-0.4, -0.2) is 31.3 Å². The normalized spacial score (nSPS) is 11.1. The van der Waals surface area contributed by atoms with E-state index in [1.165, 1.54) is 45.4 Å². The first kappa shape index (κ1) is 24.5. The Morgan fingerprint density at radius 3 is 1.41 bits per heavy atom. The van der Waals surface area contributed by atoms with Crippen LogP contribution >= 0.6 is 0 Å². The van der Waals surface area contributed by atoms with Crippen molar-refractivity contribution in [3.05, 3.63) is 0 Å². The topological polar surface area (TPSA) is 35.5 Å². The molecule has 133 valence electrons. The molecule has 0 spiro atoms. The molecule has 0 unspecified atom stereocenters. The van der Waals surface area contributed by atoms with Gasteiger partial charge in [-0.2, -0.15) is 4.89 Å². The summed E-state index contributed by atoms with van der Waals surface area (Å²) in [7, 11) is 0. The third kappa shape index (κ3) is 22.5. The Labute approximate surface area is 146 Å². The van der Waals surface area contributed by atoms with Crippen molar-refractivity contribution in [3.63, 3.8) is 0 Å². The van der Waals surface area contributed by atoms with E-state index in [0.29, 0.717) is 0 Å². The molecule has 0 N–H and O–H groups in total. The Kier molecular flexibility index (Phi) is 17.9. The molecule has 0 fully saturated rings. The van der Waals surface area contributed by atoms with Crippen LogP contribution in [0.1, 0.15) is 87.0 Å². The Bertz CT molecular complexity index is 230. The maximum atomic E-state index is 10.1. The summed E-state index contributed by atoms with van der Waals surface area (Å²) in [6.07, 6.45) is 8.85. The molecular weight excluding hydrogens is 383 g/mol. The first-order chi connectivity index (χ1) is 10.3. The molecule has 0 atom stereocenters. The van der Waals surface area contributed by atoms with Crippen LogP contribution in [0.4, 0.5) is 0 Å². The van der Waals surface area contributed by atoms with Crippen LogP contribution in [0.25, 0.3) is 0 Å². The van der Waals surface area contributed by atoms with Gasteiger partial charge in [0.05, 0.1) is 0 Å². The van der Waals surface area contributed by atoms with Crippen LogP contribution in [0.2, 0.25) is 13.3 Å². The summed E-state index contributed by atoms with van der Waals surface area (Å²) in [6.45, 7) is 13.7. The van der Waals surface area contributed by atoms with Crippen molar-refractivity contribution < 1.29 is 14.6 Å². The zero-order valence-electron chi connectivity index (χ0n) is 16.1. The quantitative estimate of drug-likeness (QED) is 0.240. The van der Waals surface area contributed by atoms with Gasteiger partial charge in [-0.05, 0) is 20.8 Å². The van der Waals surface area contributed by atoms with E-state index in [0.717, 1.165) is 0 Å². The average molecular weight is 422 g/mol. The monoisotopic (exact) mass is 423 g/mol. The molecule has 0 amide bonds.